The third-order valence-electron chi connectivity index (χ3n) is 2.98. The summed E-state index contributed by atoms with van der Waals surface area (Å²) in [6.45, 7) is 4.12. The van der Waals surface area contributed by atoms with E-state index in [-0.39, 0.29) is 0 Å². The van der Waals surface area contributed by atoms with Gasteiger partial charge in [-0.2, -0.15) is 0 Å². The standard InChI is InChI=1S/C14H12BrN3/c1-8-3-4-11(15)10(7-8)13-17-12-9(2)5-6-16-14(12)18-13/h3-7H,1-2H3,(H,16,17,18). The molecule has 4 heteroatoms. The molecule has 3 aromatic rings. The van der Waals surface area contributed by atoms with Gasteiger partial charge in [-0.25, -0.2) is 9.97 Å². The molecule has 0 atom stereocenters. The van der Waals surface area contributed by atoms with E-state index in [4.69, 9.17) is 0 Å². The molecular weight excluding hydrogens is 290 g/mol. The molecule has 0 saturated heterocycles. The zero-order valence-corrected chi connectivity index (χ0v) is 11.7. The molecule has 0 spiro atoms. The number of aromatic amines is 1. The summed E-state index contributed by atoms with van der Waals surface area (Å²) >= 11 is 3.56. The number of aryl methyl sites for hydroxylation is 2. The number of rotatable bonds is 1. The van der Waals surface area contributed by atoms with Crippen LogP contribution in [0.2, 0.25) is 0 Å². The number of fused-ring (bicyclic) bond motifs is 1. The highest BCUT2D eigenvalue weighted by molar-refractivity contribution is 9.10. The molecule has 0 aliphatic rings. The van der Waals surface area contributed by atoms with Crippen LogP contribution in [0.3, 0.4) is 0 Å². The van der Waals surface area contributed by atoms with E-state index in [0.29, 0.717) is 0 Å². The lowest BCUT2D eigenvalue weighted by Gasteiger charge is -2.01. The van der Waals surface area contributed by atoms with Crippen molar-refractivity contribution in [3.63, 3.8) is 0 Å². The van der Waals surface area contributed by atoms with Gasteiger partial charge < -0.3 is 4.98 Å². The Morgan fingerprint density at radius 2 is 2.00 bits per heavy atom. The molecular formula is C14H12BrN3. The number of pyridine rings is 1. The Balaban J connectivity index is 2.26. The maximum atomic E-state index is 4.55. The van der Waals surface area contributed by atoms with Gasteiger partial charge in [0.15, 0.2) is 5.65 Å². The number of aromatic nitrogens is 3. The van der Waals surface area contributed by atoms with Crippen LogP contribution in [0.25, 0.3) is 22.6 Å². The van der Waals surface area contributed by atoms with Crippen LogP contribution in [0, 0.1) is 13.8 Å². The highest BCUT2D eigenvalue weighted by Crippen LogP contribution is 2.28. The van der Waals surface area contributed by atoms with Crippen molar-refractivity contribution < 1.29 is 0 Å². The van der Waals surface area contributed by atoms with Crippen molar-refractivity contribution in [2.45, 2.75) is 13.8 Å². The van der Waals surface area contributed by atoms with Crippen molar-refractivity contribution in [2.75, 3.05) is 0 Å². The molecule has 0 saturated carbocycles. The highest BCUT2D eigenvalue weighted by Gasteiger charge is 2.10. The first-order chi connectivity index (χ1) is 8.65. The van der Waals surface area contributed by atoms with Crippen molar-refractivity contribution in [1.29, 1.82) is 0 Å². The molecule has 0 bridgehead atoms. The molecule has 90 valence electrons. The first-order valence-electron chi connectivity index (χ1n) is 5.73. The van der Waals surface area contributed by atoms with Crippen LogP contribution in [0.1, 0.15) is 11.1 Å². The Morgan fingerprint density at radius 3 is 2.78 bits per heavy atom. The number of imidazole rings is 1. The van der Waals surface area contributed by atoms with Crippen LogP contribution in [0.15, 0.2) is 34.9 Å². The fraction of sp³-hybridized carbons (Fsp3) is 0.143. The maximum Gasteiger partial charge on any atom is 0.178 e. The molecule has 0 fully saturated rings. The molecule has 2 aromatic heterocycles. The second kappa shape index (κ2) is 4.21. The van der Waals surface area contributed by atoms with Gasteiger partial charge in [0.1, 0.15) is 5.82 Å². The third kappa shape index (κ3) is 1.82. The molecule has 0 unspecified atom stereocenters. The molecule has 0 aliphatic heterocycles. The number of H-pyrrole nitrogens is 1. The topological polar surface area (TPSA) is 41.6 Å². The van der Waals surface area contributed by atoms with Crippen molar-refractivity contribution in [1.82, 2.24) is 15.0 Å². The lowest BCUT2D eigenvalue weighted by atomic mass is 10.1. The molecule has 18 heavy (non-hydrogen) atoms. The third-order valence-corrected chi connectivity index (χ3v) is 3.67. The number of hydrogen-bond donors (Lipinski definition) is 1. The monoisotopic (exact) mass is 301 g/mol. The number of hydrogen-bond acceptors (Lipinski definition) is 2. The number of halogens is 1. The minimum Gasteiger partial charge on any atom is -0.336 e. The van der Waals surface area contributed by atoms with Crippen LogP contribution >= 0.6 is 15.9 Å². The fourth-order valence-electron chi connectivity index (χ4n) is 1.98. The summed E-state index contributed by atoms with van der Waals surface area (Å²) in [5, 5.41) is 0. The minimum absolute atomic E-state index is 0.762. The lowest BCUT2D eigenvalue weighted by Crippen LogP contribution is -1.84. The van der Waals surface area contributed by atoms with Gasteiger partial charge in [-0.15, -0.1) is 0 Å². The minimum atomic E-state index is 0.762. The Kier molecular flexibility index (Phi) is 2.67. The van der Waals surface area contributed by atoms with Crippen LogP contribution in [0.4, 0.5) is 0 Å². The van der Waals surface area contributed by atoms with E-state index in [1.807, 2.05) is 12.1 Å². The van der Waals surface area contributed by atoms with E-state index in [1.54, 1.807) is 6.20 Å². The summed E-state index contributed by atoms with van der Waals surface area (Å²) in [7, 11) is 0. The van der Waals surface area contributed by atoms with Crippen LogP contribution in [-0.4, -0.2) is 15.0 Å². The van der Waals surface area contributed by atoms with E-state index in [9.17, 15) is 0 Å². The van der Waals surface area contributed by atoms with Crippen molar-refractivity contribution in [2.24, 2.45) is 0 Å². The summed E-state index contributed by atoms with van der Waals surface area (Å²) in [6.07, 6.45) is 1.79. The van der Waals surface area contributed by atoms with Crippen molar-refractivity contribution >= 4 is 27.1 Å². The van der Waals surface area contributed by atoms with Crippen molar-refractivity contribution in [3.05, 3.63) is 46.1 Å². The molecule has 1 aromatic carbocycles. The predicted octanol–water partition coefficient (Wildman–Crippen LogP) is 4.00. The van der Waals surface area contributed by atoms with E-state index >= 15 is 0 Å². The van der Waals surface area contributed by atoms with E-state index in [0.717, 1.165) is 32.6 Å². The van der Waals surface area contributed by atoms with Crippen LogP contribution in [0.5, 0.6) is 0 Å². The molecule has 2 heterocycles. The van der Waals surface area contributed by atoms with E-state index in [1.165, 1.54) is 5.56 Å². The van der Waals surface area contributed by atoms with Crippen molar-refractivity contribution in [3.8, 4) is 11.4 Å². The Hall–Kier alpha value is -1.68. The normalized spacial score (nSPS) is 11.1. The Bertz CT molecular complexity index is 731. The van der Waals surface area contributed by atoms with Gasteiger partial charge in [0.25, 0.3) is 0 Å². The second-order valence-electron chi connectivity index (χ2n) is 4.40. The molecule has 0 amide bonds. The summed E-state index contributed by atoms with van der Waals surface area (Å²) in [4.78, 5) is 12.2. The smallest absolute Gasteiger partial charge is 0.178 e. The summed E-state index contributed by atoms with van der Waals surface area (Å²) in [5.41, 5.74) is 5.19. The largest absolute Gasteiger partial charge is 0.336 e. The average Bonchev–Trinajstić information content (AvgIpc) is 2.77. The summed E-state index contributed by atoms with van der Waals surface area (Å²) < 4.78 is 1.03. The molecule has 1 N–H and O–H groups in total. The number of benzene rings is 1. The fourth-order valence-corrected chi connectivity index (χ4v) is 2.42. The zero-order valence-electron chi connectivity index (χ0n) is 10.2. The predicted molar refractivity (Wildman–Crippen MR) is 76.5 cm³/mol. The highest BCUT2D eigenvalue weighted by atomic mass is 79.9. The molecule has 0 aliphatic carbocycles. The molecule has 3 rings (SSSR count). The Morgan fingerprint density at radius 1 is 1.17 bits per heavy atom. The summed E-state index contributed by atoms with van der Waals surface area (Å²) in [5.74, 6) is 0.849. The quantitative estimate of drug-likeness (QED) is 0.738. The number of nitrogens with one attached hydrogen (secondary N) is 1. The maximum absolute atomic E-state index is 4.55. The van der Waals surface area contributed by atoms with Gasteiger partial charge in [0, 0.05) is 16.2 Å². The number of nitrogens with zero attached hydrogens (tertiary/aromatic N) is 2. The first kappa shape index (κ1) is 11.4. The SMILES string of the molecule is Cc1ccc(Br)c(-c2nc3nccc(C)c3[nH]2)c1. The van der Waals surface area contributed by atoms with Gasteiger partial charge in [0.05, 0.1) is 5.52 Å². The Labute approximate surface area is 113 Å². The molecule has 0 radical (unpaired) electrons. The van der Waals surface area contributed by atoms with E-state index in [2.05, 4.69) is 56.9 Å². The van der Waals surface area contributed by atoms with Crippen LogP contribution < -0.4 is 0 Å². The second-order valence-corrected chi connectivity index (χ2v) is 5.25. The zero-order chi connectivity index (χ0) is 12.7. The van der Waals surface area contributed by atoms with Gasteiger partial charge in [-0.05, 0) is 37.6 Å². The lowest BCUT2D eigenvalue weighted by molar-refractivity contribution is 1.29. The van der Waals surface area contributed by atoms with Crippen LogP contribution in [-0.2, 0) is 0 Å². The van der Waals surface area contributed by atoms with E-state index < -0.39 is 0 Å². The van der Waals surface area contributed by atoms with Gasteiger partial charge >= 0.3 is 0 Å². The van der Waals surface area contributed by atoms with Gasteiger partial charge in [-0.3, -0.25) is 0 Å². The summed E-state index contributed by atoms with van der Waals surface area (Å²) in [6, 6.07) is 8.20. The van der Waals surface area contributed by atoms with Gasteiger partial charge in [0.2, 0.25) is 0 Å². The molecule has 3 nitrogen and oxygen atoms in total. The van der Waals surface area contributed by atoms with Gasteiger partial charge in [-0.1, -0.05) is 27.6 Å². The average molecular weight is 302 g/mol. The first-order valence-corrected chi connectivity index (χ1v) is 6.52.